The third-order valence-corrected chi connectivity index (χ3v) is 3.77. The second-order valence-corrected chi connectivity index (χ2v) is 6.32. The van der Waals surface area contributed by atoms with Gasteiger partial charge in [0.2, 0.25) is 0 Å². The predicted molar refractivity (Wildman–Crippen MR) is 85.4 cm³/mol. The molecule has 3 heteroatoms. The molecule has 20 heavy (non-hydrogen) atoms. The van der Waals surface area contributed by atoms with Gasteiger partial charge in [-0.05, 0) is 49.9 Å². The number of nitrogens with two attached hydrogens (primary N) is 1. The van der Waals surface area contributed by atoms with E-state index < -0.39 is 0 Å². The molecule has 2 N–H and O–H groups in total. The Bertz CT molecular complexity index is 590. The van der Waals surface area contributed by atoms with Crippen LogP contribution in [0.4, 0.5) is 4.39 Å². The zero-order valence-electron chi connectivity index (χ0n) is 11.8. The van der Waals surface area contributed by atoms with Gasteiger partial charge in [0.15, 0.2) is 0 Å². The number of hydrogen-bond donors (Lipinski definition) is 1. The highest BCUT2D eigenvalue weighted by Crippen LogP contribution is 2.18. The average molecular weight is 336 g/mol. The molecule has 1 atom stereocenters. The Kier molecular flexibility index (Phi) is 4.95. The van der Waals surface area contributed by atoms with Gasteiger partial charge in [0.25, 0.3) is 0 Å². The van der Waals surface area contributed by atoms with Crippen LogP contribution in [-0.4, -0.2) is 6.04 Å². The van der Waals surface area contributed by atoms with E-state index in [1.54, 1.807) is 6.07 Å². The van der Waals surface area contributed by atoms with Crippen LogP contribution in [0.3, 0.4) is 0 Å². The molecule has 0 aromatic heterocycles. The van der Waals surface area contributed by atoms with Crippen LogP contribution in [0, 0.1) is 19.7 Å². The highest BCUT2D eigenvalue weighted by Gasteiger charge is 2.10. The summed E-state index contributed by atoms with van der Waals surface area (Å²) in [4.78, 5) is 0. The van der Waals surface area contributed by atoms with Crippen LogP contribution in [0.5, 0.6) is 0 Å². The fourth-order valence-electron chi connectivity index (χ4n) is 2.53. The molecule has 106 valence electrons. The molecule has 2 aromatic carbocycles. The third kappa shape index (κ3) is 4.15. The normalized spacial score (nSPS) is 12.4. The smallest absolute Gasteiger partial charge is 0.127 e. The quantitative estimate of drug-likeness (QED) is 0.884. The molecule has 0 saturated heterocycles. The van der Waals surface area contributed by atoms with Crippen molar-refractivity contribution in [3.05, 3.63) is 68.9 Å². The minimum Gasteiger partial charge on any atom is -0.327 e. The number of halogens is 2. The van der Waals surface area contributed by atoms with Crippen molar-refractivity contribution in [3.8, 4) is 0 Å². The zero-order chi connectivity index (χ0) is 14.7. The number of rotatable bonds is 4. The van der Waals surface area contributed by atoms with Crippen molar-refractivity contribution in [3.63, 3.8) is 0 Å². The summed E-state index contributed by atoms with van der Waals surface area (Å²) >= 11 is 3.26. The van der Waals surface area contributed by atoms with Crippen molar-refractivity contribution in [2.75, 3.05) is 0 Å². The van der Waals surface area contributed by atoms with Crippen LogP contribution < -0.4 is 5.73 Å². The lowest BCUT2D eigenvalue weighted by Gasteiger charge is -2.13. The largest absolute Gasteiger partial charge is 0.327 e. The van der Waals surface area contributed by atoms with Crippen molar-refractivity contribution < 1.29 is 4.39 Å². The van der Waals surface area contributed by atoms with Gasteiger partial charge in [0.1, 0.15) is 5.82 Å². The summed E-state index contributed by atoms with van der Waals surface area (Å²) in [6, 6.07) is 11.5. The molecule has 1 unspecified atom stereocenters. The average Bonchev–Trinajstić information content (AvgIpc) is 2.31. The molecule has 0 saturated carbocycles. The van der Waals surface area contributed by atoms with Gasteiger partial charge in [-0.1, -0.05) is 51.3 Å². The predicted octanol–water partition coefficient (Wildman–Crippen LogP) is 4.32. The summed E-state index contributed by atoms with van der Waals surface area (Å²) in [5, 5.41) is 0. The van der Waals surface area contributed by atoms with Gasteiger partial charge in [0, 0.05) is 10.5 Å². The summed E-state index contributed by atoms with van der Waals surface area (Å²) in [5.74, 6) is -0.199. The van der Waals surface area contributed by atoms with E-state index in [1.165, 1.54) is 22.8 Å². The minimum absolute atomic E-state index is 0.0770. The highest BCUT2D eigenvalue weighted by molar-refractivity contribution is 9.10. The maximum atomic E-state index is 13.8. The SMILES string of the molecule is Cc1cc(C)cc(CC(N)Cc2ccc(Br)cc2F)c1. The van der Waals surface area contributed by atoms with Crippen molar-refractivity contribution in [1.29, 1.82) is 0 Å². The van der Waals surface area contributed by atoms with Crippen LogP contribution in [0.2, 0.25) is 0 Å². The van der Waals surface area contributed by atoms with Crippen molar-refractivity contribution >= 4 is 15.9 Å². The third-order valence-electron chi connectivity index (χ3n) is 3.28. The fraction of sp³-hybridized carbons (Fsp3) is 0.294. The molecule has 2 aromatic rings. The molecule has 0 spiro atoms. The van der Waals surface area contributed by atoms with Gasteiger partial charge in [0.05, 0.1) is 0 Å². The molecular formula is C17H19BrFN. The topological polar surface area (TPSA) is 26.0 Å². The molecule has 0 aliphatic heterocycles. The van der Waals surface area contributed by atoms with E-state index >= 15 is 0 Å². The Balaban J connectivity index is 2.06. The Hall–Kier alpha value is -1.19. The van der Waals surface area contributed by atoms with Gasteiger partial charge < -0.3 is 5.73 Å². The number of aryl methyl sites for hydroxylation is 2. The summed E-state index contributed by atoms with van der Waals surface area (Å²) in [6.45, 7) is 4.16. The van der Waals surface area contributed by atoms with Gasteiger partial charge in [-0.3, -0.25) is 0 Å². The maximum Gasteiger partial charge on any atom is 0.127 e. The second-order valence-electron chi connectivity index (χ2n) is 5.40. The maximum absolute atomic E-state index is 13.8. The fourth-order valence-corrected chi connectivity index (χ4v) is 2.86. The lowest BCUT2D eigenvalue weighted by Crippen LogP contribution is -2.26. The molecular weight excluding hydrogens is 317 g/mol. The van der Waals surface area contributed by atoms with Crippen LogP contribution in [0.15, 0.2) is 40.9 Å². The minimum atomic E-state index is -0.199. The summed E-state index contributed by atoms with van der Waals surface area (Å²) in [7, 11) is 0. The second kappa shape index (κ2) is 6.51. The molecule has 0 radical (unpaired) electrons. The summed E-state index contributed by atoms with van der Waals surface area (Å²) in [6.07, 6.45) is 1.31. The van der Waals surface area contributed by atoms with Gasteiger partial charge in [-0.15, -0.1) is 0 Å². The first-order valence-corrected chi connectivity index (χ1v) is 7.50. The van der Waals surface area contributed by atoms with Crippen LogP contribution in [0.1, 0.15) is 22.3 Å². The van der Waals surface area contributed by atoms with E-state index in [0.717, 1.165) is 10.9 Å². The zero-order valence-corrected chi connectivity index (χ0v) is 13.4. The lowest BCUT2D eigenvalue weighted by molar-refractivity contribution is 0.583. The molecule has 0 aliphatic carbocycles. The van der Waals surface area contributed by atoms with E-state index in [1.807, 2.05) is 6.07 Å². The van der Waals surface area contributed by atoms with E-state index in [9.17, 15) is 4.39 Å². The molecule has 0 bridgehead atoms. The molecule has 1 nitrogen and oxygen atoms in total. The van der Waals surface area contributed by atoms with Gasteiger partial charge in [-0.25, -0.2) is 4.39 Å². The van der Waals surface area contributed by atoms with Crippen LogP contribution >= 0.6 is 15.9 Å². The Morgan fingerprint density at radius 2 is 1.70 bits per heavy atom. The molecule has 0 heterocycles. The molecule has 0 fully saturated rings. The molecule has 0 amide bonds. The van der Waals surface area contributed by atoms with Crippen molar-refractivity contribution in [2.45, 2.75) is 32.7 Å². The Morgan fingerprint density at radius 1 is 1.05 bits per heavy atom. The highest BCUT2D eigenvalue weighted by atomic mass is 79.9. The first-order chi connectivity index (χ1) is 9.44. The first-order valence-electron chi connectivity index (χ1n) is 6.70. The Morgan fingerprint density at radius 3 is 2.30 bits per heavy atom. The lowest BCUT2D eigenvalue weighted by atomic mass is 9.97. The van der Waals surface area contributed by atoms with Crippen LogP contribution in [-0.2, 0) is 12.8 Å². The van der Waals surface area contributed by atoms with E-state index in [2.05, 4.69) is 48.0 Å². The Labute approximate surface area is 128 Å². The molecule has 2 rings (SSSR count). The molecule has 0 aliphatic rings. The van der Waals surface area contributed by atoms with Gasteiger partial charge >= 0.3 is 0 Å². The number of benzene rings is 2. The summed E-state index contributed by atoms with van der Waals surface area (Å²) in [5.41, 5.74) is 10.5. The monoisotopic (exact) mass is 335 g/mol. The van der Waals surface area contributed by atoms with Crippen molar-refractivity contribution in [1.82, 2.24) is 0 Å². The van der Waals surface area contributed by atoms with Crippen LogP contribution in [0.25, 0.3) is 0 Å². The standard InChI is InChI=1S/C17H19BrFN/c1-11-5-12(2)7-13(6-11)8-16(20)9-14-3-4-15(18)10-17(14)19/h3-7,10,16H,8-9,20H2,1-2H3. The van der Waals surface area contributed by atoms with E-state index in [0.29, 0.717) is 12.0 Å². The first kappa shape index (κ1) is 15.2. The van der Waals surface area contributed by atoms with E-state index in [4.69, 9.17) is 5.73 Å². The van der Waals surface area contributed by atoms with Crippen molar-refractivity contribution in [2.24, 2.45) is 5.73 Å². The van der Waals surface area contributed by atoms with Gasteiger partial charge in [-0.2, -0.15) is 0 Å². The number of hydrogen-bond acceptors (Lipinski definition) is 1. The van der Waals surface area contributed by atoms with E-state index in [-0.39, 0.29) is 11.9 Å². The summed E-state index contributed by atoms with van der Waals surface area (Å²) < 4.78 is 14.5.